The van der Waals surface area contributed by atoms with Gasteiger partial charge in [-0.05, 0) is 29.5 Å². The third-order valence-corrected chi connectivity index (χ3v) is 3.60. The maximum atomic E-state index is 3.69. The molecule has 19 heavy (non-hydrogen) atoms. The second-order valence-corrected chi connectivity index (χ2v) is 5.44. The normalized spacial score (nSPS) is 12.6. The number of nitrogens with one attached hydrogen (secondary N) is 1. The van der Waals surface area contributed by atoms with Gasteiger partial charge in [0.15, 0.2) is 0 Å². The largest absolute Gasteiger partial charge is 0.306 e. The van der Waals surface area contributed by atoms with Gasteiger partial charge in [-0.2, -0.15) is 0 Å². The van der Waals surface area contributed by atoms with E-state index in [4.69, 9.17) is 0 Å². The molecule has 0 saturated heterocycles. The van der Waals surface area contributed by atoms with Crippen LogP contribution in [0.2, 0.25) is 0 Å². The molecule has 0 radical (unpaired) electrons. The van der Waals surface area contributed by atoms with Crippen LogP contribution in [-0.2, 0) is 6.54 Å². The zero-order chi connectivity index (χ0) is 13.7. The highest BCUT2D eigenvalue weighted by molar-refractivity contribution is 5.26. The van der Waals surface area contributed by atoms with Crippen LogP contribution in [0, 0.1) is 12.8 Å². The van der Waals surface area contributed by atoms with Crippen LogP contribution in [0.4, 0.5) is 0 Å². The minimum atomic E-state index is 0.404. The SMILES string of the molecule is Cc1ccccc1CNC(c1ccccc1)C(C)C. The summed E-state index contributed by atoms with van der Waals surface area (Å²) < 4.78 is 0. The highest BCUT2D eigenvalue weighted by Gasteiger charge is 2.14. The first kappa shape index (κ1) is 13.8. The van der Waals surface area contributed by atoms with Crippen LogP contribution in [-0.4, -0.2) is 0 Å². The molecule has 0 saturated carbocycles. The van der Waals surface area contributed by atoms with Crippen molar-refractivity contribution < 1.29 is 0 Å². The van der Waals surface area contributed by atoms with E-state index in [1.807, 2.05) is 0 Å². The van der Waals surface area contributed by atoms with Crippen LogP contribution in [0.25, 0.3) is 0 Å². The van der Waals surface area contributed by atoms with Crippen molar-refractivity contribution in [3.05, 3.63) is 71.3 Å². The zero-order valence-electron chi connectivity index (χ0n) is 12.1. The van der Waals surface area contributed by atoms with E-state index in [-0.39, 0.29) is 0 Å². The Bertz CT molecular complexity index is 502. The third-order valence-electron chi connectivity index (χ3n) is 3.60. The lowest BCUT2D eigenvalue weighted by Gasteiger charge is -2.23. The Kier molecular flexibility index (Phi) is 4.75. The van der Waals surface area contributed by atoms with Gasteiger partial charge in [-0.15, -0.1) is 0 Å². The number of rotatable bonds is 5. The number of aryl methyl sites for hydroxylation is 1. The molecule has 1 atom stereocenters. The van der Waals surface area contributed by atoms with E-state index in [0.717, 1.165) is 6.54 Å². The van der Waals surface area contributed by atoms with Crippen LogP contribution in [0.1, 0.15) is 36.6 Å². The van der Waals surface area contributed by atoms with Crippen molar-refractivity contribution in [2.24, 2.45) is 5.92 Å². The van der Waals surface area contributed by atoms with E-state index >= 15 is 0 Å². The van der Waals surface area contributed by atoms with E-state index < -0.39 is 0 Å². The molecule has 0 bridgehead atoms. The number of hydrogen-bond donors (Lipinski definition) is 1. The van der Waals surface area contributed by atoms with Gasteiger partial charge >= 0.3 is 0 Å². The summed E-state index contributed by atoms with van der Waals surface area (Å²) in [5.41, 5.74) is 4.10. The first-order valence-corrected chi connectivity index (χ1v) is 7.01. The van der Waals surface area contributed by atoms with Crippen molar-refractivity contribution >= 4 is 0 Å². The molecule has 100 valence electrons. The summed E-state index contributed by atoms with van der Waals surface area (Å²) in [6.07, 6.45) is 0. The van der Waals surface area contributed by atoms with Crippen LogP contribution >= 0.6 is 0 Å². The summed E-state index contributed by atoms with van der Waals surface area (Å²) in [5.74, 6) is 0.575. The summed E-state index contributed by atoms with van der Waals surface area (Å²) in [6.45, 7) is 7.62. The molecular weight excluding hydrogens is 230 g/mol. The van der Waals surface area contributed by atoms with Gasteiger partial charge in [-0.3, -0.25) is 0 Å². The van der Waals surface area contributed by atoms with Crippen LogP contribution in [0.3, 0.4) is 0 Å². The van der Waals surface area contributed by atoms with Gasteiger partial charge in [-0.1, -0.05) is 68.4 Å². The van der Waals surface area contributed by atoms with Crippen molar-refractivity contribution in [1.82, 2.24) is 5.32 Å². The molecule has 2 rings (SSSR count). The van der Waals surface area contributed by atoms with E-state index in [1.54, 1.807) is 0 Å². The second kappa shape index (κ2) is 6.53. The molecule has 0 fully saturated rings. The standard InChI is InChI=1S/C18H23N/c1-14(2)18(16-10-5-4-6-11-16)19-13-17-12-8-7-9-15(17)3/h4-12,14,18-19H,13H2,1-3H3. The summed E-state index contributed by atoms with van der Waals surface area (Å²) >= 11 is 0. The van der Waals surface area contributed by atoms with Gasteiger partial charge in [0.2, 0.25) is 0 Å². The molecule has 0 aromatic heterocycles. The average Bonchev–Trinajstić information content (AvgIpc) is 2.42. The Labute approximate surface area is 116 Å². The van der Waals surface area contributed by atoms with Crippen molar-refractivity contribution in [3.8, 4) is 0 Å². The lowest BCUT2D eigenvalue weighted by Crippen LogP contribution is -2.25. The summed E-state index contributed by atoms with van der Waals surface area (Å²) in [4.78, 5) is 0. The molecule has 1 heteroatoms. The van der Waals surface area contributed by atoms with Crippen LogP contribution < -0.4 is 5.32 Å². The molecule has 0 aliphatic carbocycles. The molecule has 0 aliphatic heterocycles. The summed E-state index contributed by atoms with van der Waals surface area (Å²) in [6, 6.07) is 19.7. The lowest BCUT2D eigenvalue weighted by atomic mass is 9.95. The fraction of sp³-hybridized carbons (Fsp3) is 0.333. The second-order valence-electron chi connectivity index (χ2n) is 5.44. The summed E-state index contributed by atoms with van der Waals surface area (Å²) in [7, 11) is 0. The maximum absolute atomic E-state index is 3.69. The van der Waals surface area contributed by atoms with Crippen molar-refractivity contribution in [2.45, 2.75) is 33.4 Å². The summed E-state index contributed by atoms with van der Waals surface area (Å²) in [5, 5.41) is 3.69. The van der Waals surface area contributed by atoms with Crippen molar-refractivity contribution in [1.29, 1.82) is 0 Å². The average molecular weight is 253 g/mol. The lowest BCUT2D eigenvalue weighted by molar-refractivity contribution is 0.410. The fourth-order valence-electron chi connectivity index (χ4n) is 2.43. The third kappa shape index (κ3) is 3.68. The molecule has 1 unspecified atom stereocenters. The topological polar surface area (TPSA) is 12.0 Å². The maximum Gasteiger partial charge on any atom is 0.0346 e. The van der Waals surface area contributed by atoms with Gasteiger partial charge in [0.1, 0.15) is 0 Å². The fourth-order valence-corrected chi connectivity index (χ4v) is 2.43. The van der Waals surface area contributed by atoms with E-state index in [1.165, 1.54) is 16.7 Å². The Balaban J connectivity index is 2.09. The predicted molar refractivity (Wildman–Crippen MR) is 82.0 cm³/mol. The van der Waals surface area contributed by atoms with Crippen molar-refractivity contribution in [3.63, 3.8) is 0 Å². The quantitative estimate of drug-likeness (QED) is 0.828. The van der Waals surface area contributed by atoms with Gasteiger partial charge in [-0.25, -0.2) is 0 Å². The molecule has 1 nitrogen and oxygen atoms in total. The monoisotopic (exact) mass is 253 g/mol. The van der Waals surface area contributed by atoms with Gasteiger partial charge in [0, 0.05) is 12.6 Å². The van der Waals surface area contributed by atoms with E-state index in [0.29, 0.717) is 12.0 Å². The number of benzene rings is 2. The minimum absolute atomic E-state index is 0.404. The molecule has 0 aliphatic rings. The van der Waals surface area contributed by atoms with Gasteiger partial charge < -0.3 is 5.32 Å². The highest BCUT2D eigenvalue weighted by Crippen LogP contribution is 2.22. The van der Waals surface area contributed by atoms with Crippen LogP contribution in [0.15, 0.2) is 54.6 Å². The Morgan fingerprint density at radius 3 is 2.16 bits per heavy atom. The minimum Gasteiger partial charge on any atom is -0.306 e. The highest BCUT2D eigenvalue weighted by atomic mass is 14.9. The van der Waals surface area contributed by atoms with Gasteiger partial charge in [0.25, 0.3) is 0 Å². The van der Waals surface area contributed by atoms with E-state index in [2.05, 4.69) is 80.7 Å². The predicted octanol–water partition coefficient (Wildman–Crippen LogP) is 4.48. The molecular formula is C18H23N. The Morgan fingerprint density at radius 2 is 1.53 bits per heavy atom. The van der Waals surface area contributed by atoms with Crippen LogP contribution in [0.5, 0.6) is 0 Å². The Hall–Kier alpha value is -1.60. The molecule has 2 aromatic carbocycles. The van der Waals surface area contributed by atoms with Gasteiger partial charge in [0.05, 0.1) is 0 Å². The van der Waals surface area contributed by atoms with Crippen molar-refractivity contribution in [2.75, 3.05) is 0 Å². The Morgan fingerprint density at radius 1 is 0.895 bits per heavy atom. The smallest absolute Gasteiger partial charge is 0.0346 e. The first-order chi connectivity index (χ1) is 9.18. The molecule has 0 spiro atoms. The molecule has 0 amide bonds. The molecule has 1 N–H and O–H groups in total. The first-order valence-electron chi connectivity index (χ1n) is 7.01. The molecule has 0 heterocycles. The molecule has 2 aromatic rings. The van der Waals surface area contributed by atoms with E-state index in [9.17, 15) is 0 Å². The number of hydrogen-bond acceptors (Lipinski definition) is 1. The zero-order valence-corrected chi connectivity index (χ0v) is 12.1.